The molecule has 1 atom stereocenters. The van der Waals surface area contributed by atoms with Gasteiger partial charge in [-0.3, -0.25) is 14.3 Å². The maximum absolute atomic E-state index is 11.9. The molecule has 1 fully saturated rings. The summed E-state index contributed by atoms with van der Waals surface area (Å²) in [4.78, 5) is 25.3. The van der Waals surface area contributed by atoms with Gasteiger partial charge in [0.2, 0.25) is 5.91 Å². The maximum Gasteiger partial charge on any atom is 0.439 e. The van der Waals surface area contributed by atoms with Gasteiger partial charge in [-0.15, -0.1) is 0 Å². The van der Waals surface area contributed by atoms with Crippen molar-refractivity contribution < 1.29 is 18.8 Å². The number of hydrogen-bond acceptors (Lipinski definition) is 6. The lowest BCUT2D eigenvalue weighted by molar-refractivity contribution is -0.121. The normalized spacial score (nSPS) is 17.3. The van der Waals surface area contributed by atoms with Crippen LogP contribution in [0.5, 0.6) is 0 Å². The summed E-state index contributed by atoms with van der Waals surface area (Å²) in [5.74, 6) is -0.577. The van der Waals surface area contributed by atoms with E-state index in [1.807, 2.05) is 0 Å². The molecule has 2 heterocycles. The van der Waals surface area contributed by atoms with Crippen LogP contribution < -0.4 is 11.1 Å². The molecule has 8 heteroatoms. The highest BCUT2D eigenvalue weighted by atomic mass is 16.5. The second-order valence-corrected chi connectivity index (χ2v) is 5.22. The van der Waals surface area contributed by atoms with Gasteiger partial charge in [0, 0.05) is 17.9 Å². The molecule has 0 aliphatic carbocycles. The van der Waals surface area contributed by atoms with Crippen molar-refractivity contribution >= 4 is 11.6 Å². The number of carbonyl (C=O) groups excluding carboxylic acids is 1. The van der Waals surface area contributed by atoms with E-state index in [0.29, 0.717) is 23.7 Å². The highest BCUT2D eigenvalue weighted by Crippen LogP contribution is 2.18. The Kier molecular flexibility index (Phi) is 4.84. The molecule has 3 rings (SSSR count). The lowest BCUT2D eigenvalue weighted by Gasteiger charge is -2.10. The Balaban J connectivity index is 1.52. The van der Waals surface area contributed by atoms with Crippen LogP contribution >= 0.6 is 0 Å². The molecule has 122 valence electrons. The molecule has 1 saturated heterocycles. The fourth-order valence-corrected chi connectivity index (χ4v) is 2.35. The minimum absolute atomic E-state index is 0.0368. The molecule has 1 amide bonds. The molecule has 1 aliphatic rings. The predicted octanol–water partition coefficient (Wildman–Crippen LogP) is 1.16. The molecule has 1 aromatic carbocycles. The van der Waals surface area contributed by atoms with Crippen LogP contribution in [0.2, 0.25) is 0 Å². The fourth-order valence-electron chi connectivity index (χ4n) is 2.35. The van der Waals surface area contributed by atoms with Crippen molar-refractivity contribution in [3.63, 3.8) is 0 Å². The first kappa shape index (κ1) is 15.4. The fraction of sp³-hybridized carbons (Fsp3) is 0.400. The van der Waals surface area contributed by atoms with Gasteiger partial charge in [0.1, 0.15) is 6.61 Å². The van der Waals surface area contributed by atoms with Crippen LogP contribution in [0.25, 0.3) is 11.4 Å². The van der Waals surface area contributed by atoms with Gasteiger partial charge in [-0.25, -0.2) is 4.79 Å². The first-order valence-electron chi connectivity index (χ1n) is 7.36. The Labute approximate surface area is 131 Å². The predicted molar refractivity (Wildman–Crippen MR) is 81.0 cm³/mol. The first-order valence-corrected chi connectivity index (χ1v) is 7.36. The van der Waals surface area contributed by atoms with Crippen LogP contribution in [0.15, 0.2) is 33.6 Å². The van der Waals surface area contributed by atoms with Crippen molar-refractivity contribution in [1.82, 2.24) is 10.1 Å². The van der Waals surface area contributed by atoms with Crippen molar-refractivity contribution in [1.29, 1.82) is 0 Å². The number of hydrogen-bond donors (Lipinski definition) is 2. The number of rotatable bonds is 6. The number of nitrogens with one attached hydrogen (secondary N) is 2. The summed E-state index contributed by atoms with van der Waals surface area (Å²) in [7, 11) is 0. The van der Waals surface area contributed by atoms with Gasteiger partial charge in [0.05, 0.1) is 12.7 Å². The second kappa shape index (κ2) is 7.21. The van der Waals surface area contributed by atoms with Crippen LogP contribution in [0.3, 0.4) is 0 Å². The van der Waals surface area contributed by atoms with E-state index in [4.69, 9.17) is 9.47 Å². The van der Waals surface area contributed by atoms with E-state index < -0.39 is 5.76 Å². The number of ether oxygens (including phenoxy) is 2. The molecule has 2 aromatic rings. The van der Waals surface area contributed by atoms with Gasteiger partial charge in [-0.05, 0) is 25.0 Å². The van der Waals surface area contributed by atoms with Gasteiger partial charge in [-0.1, -0.05) is 17.3 Å². The maximum atomic E-state index is 11.9. The Bertz CT molecular complexity index is 718. The Hall–Kier alpha value is -2.45. The molecule has 1 aromatic heterocycles. The molecule has 0 radical (unpaired) electrons. The van der Waals surface area contributed by atoms with E-state index in [9.17, 15) is 9.59 Å². The van der Waals surface area contributed by atoms with E-state index in [0.717, 1.165) is 19.4 Å². The number of nitrogens with zero attached hydrogens (tertiary/aromatic N) is 1. The molecule has 1 aliphatic heterocycles. The molecule has 0 bridgehead atoms. The number of aromatic nitrogens is 2. The number of benzene rings is 1. The highest BCUT2D eigenvalue weighted by Gasteiger charge is 2.16. The summed E-state index contributed by atoms with van der Waals surface area (Å²) >= 11 is 0. The number of anilines is 1. The van der Waals surface area contributed by atoms with Gasteiger partial charge < -0.3 is 14.8 Å². The zero-order valence-corrected chi connectivity index (χ0v) is 12.4. The number of H-pyrrole nitrogens is 1. The van der Waals surface area contributed by atoms with Crippen LogP contribution in [0.1, 0.15) is 12.8 Å². The van der Waals surface area contributed by atoms with Crippen LogP contribution in [-0.4, -0.2) is 42.0 Å². The van der Waals surface area contributed by atoms with Gasteiger partial charge in [0.15, 0.2) is 5.82 Å². The molecule has 1 unspecified atom stereocenters. The third kappa shape index (κ3) is 4.27. The standard InChI is InChI=1S/C15H17N3O5/c19-13(9-21-8-12-5-2-6-22-12)16-11-4-1-3-10(7-11)14-17-15(20)23-18-14/h1,3-4,7,12H,2,5-6,8-9H2,(H,16,19)(H,17,18,20). The van der Waals surface area contributed by atoms with Crippen molar-refractivity contribution in [3.05, 3.63) is 34.8 Å². The van der Waals surface area contributed by atoms with E-state index in [-0.39, 0.29) is 18.6 Å². The van der Waals surface area contributed by atoms with Gasteiger partial charge in [0.25, 0.3) is 0 Å². The summed E-state index contributed by atoms with van der Waals surface area (Å²) in [5.41, 5.74) is 1.21. The average molecular weight is 319 g/mol. The summed E-state index contributed by atoms with van der Waals surface area (Å²) < 4.78 is 15.2. The lowest BCUT2D eigenvalue weighted by Crippen LogP contribution is -2.22. The summed E-state index contributed by atoms with van der Waals surface area (Å²) in [6.07, 6.45) is 2.10. The smallest absolute Gasteiger partial charge is 0.376 e. The SMILES string of the molecule is O=C(COCC1CCCO1)Nc1cccc(-c2noc(=O)[nH]2)c1. The largest absolute Gasteiger partial charge is 0.439 e. The molecule has 0 spiro atoms. The quantitative estimate of drug-likeness (QED) is 0.827. The summed E-state index contributed by atoms with van der Waals surface area (Å²) in [6, 6.07) is 6.91. The zero-order chi connectivity index (χ0) is 16.1. The lowest BCUT2D eigenvalue weighted by atomic mass is 10.2. The Morgan fingerprint density at radius 2 is 2.39 bits per heavy atom. The van der Waals surface area contributed by atoms with Crippen molar-refractivity contribution in [3.8, 4) is 11.4 Å². The minimum atomic E-state index is -0.628. The Morgan fingerprint density at radius 1 is 1.48 bits per heavy atom. The molecular formula is C15H17N3O5. The second-order valence-electron chi connectivity index (χ2n) is 5.22. The molecular weight excluding hydrogens is 302 g/mol. The van der Waals surface area contributed by atoms with Crippen LogP contribution in [0.4, 0.5) is 5.69 Å². The first-order chi connectivity index (χ1) is 11.2. The molecule has 0 saturated carbocycles. The van der Waals surface area contributed by atoms with E-state index >= 15 is 0 Å². The van der Waals surface area contributed by atoms with E-state index in [1.54, 1.807) is 24.3 Å². The minimum Gasteiger partial charge on any atom is -0.376 e. The molecule has 8 nitrogen and oxygen atoms in total. The highest BCUT2D eigenvalue weighted by molar-refractivity contribution is 5.92. The van der Waals surface area contributed by atoms with E-state index in [2.05, 4.69) is 20.0 Å². The van der Waals surface area contributed by atoms with Crippen molar-refractivity contribution in [2.75, 3.05) is 25.1 Å². The Morgan fingerprint density at radius 3 is 3.13 bits per heavy atom. The number of carbonyl (C=O) groups is 1. The third-order valence-corrected chi connectivity index (χ3v) is 3.42. The van der Waals surface area contributed by atoms with Crippen molar-refractivity contribution in [2.24, 2.45) is 0 Å². The van der Waals surface area contributed by atoms with Crippen LogP contribution in [0, 0.1) is 0 Å². The van der Waals surface area contributed by atoms with Crippen molar-refractivity contribution in [2.45, 2.75) is 18.9 Å². The van der Waals surface area contributed by atoms with Gasteiger partial charge >= 0.3 is 5.76 Å². The van der Waals surface area contributed by atoms with E-state index in [1.165, 1.54) is 0 Å². The number of aromatic amines is 1. The molecule has 2 N–H and O–H groups in total. The van der Waals surface area contributed by atoms with Crippen LogP contribution in [-0.2, 0) is 14.3 Å². The average Bonchev–Trinajstić information content (AvgIpc) is 3.19. The third-order valence-electron chi connectivity index (χ3n) is 3.42. The number of amides is 1. The van der Waals surface area contributed by atoms with Gasteiger partial charge in [-0.2, -0.15) is 0 Å². The zero-order valence-electron chi connectivity index (χ0n) is 12.4. The monoisotopic (exact) mass is 319 g/mol. The summed E-state index contributed by atoms with van der Waals surface area (Å²) in [5, 5.41) is 6.33. The summed E-state index contributed by atoms with van der Waals surface area (Å²) in [6.45, 7) is 1.15. The molecule has 23 heavy (non-hydrogen) atoms. The topological polar surface area (TPSA) is 106 Å².